The summed E-state index contributed by atoms with van der Waals surface area (Å²) in [5.74, 6) is -3.33. The second-order valence-electron chi connectivity index (χ2n) is 14.8. The molecule has 284 valence electrons. The number of unbranched alkanes of at least 4 members (excludes halogenated alkanes) is 12. The second-order valence-corrected chi connectivity index (χ2v) is 14.8. The summed E-state index contributed by atoms with van der Waals surface area (Å²) in [6.07, 6.45) is 16.2. The second kappa shape index (κ2) is 25.9. The van der Waals surface area contributed by atoms with Crippen LogP contribution < -0.4 is 26.6 Å². The predicted molar refractivity (Wildman–Crippen MR) is 197 cm³/mol. The van der Waals surface area contributed by atoms with Gasteiger partial charge in [0, 0.05) is 6.42 Å². The highest BCUT2D eigenvalue weighted by molar-refractivity contribution is 5.96. The van der Waals surface area contributed by atoms with E-state index in [-0.39, 0.29) is 29.4 Å². The topological polar surface area (TPSA) is 163 Å². The molecule has 5 atom stereocenters. The van der Waals surface area contributed by atoms with E-state index in [9.17, 15) is 28.8 Å². The van der Waals surface area contributed by atoms with Crippen molar-refractivity contribution in [1.29, 1.82) is 0 Å². The van der Waals surface area contributed by atoms with Crippen molar-refractivity contribution in [1.82, 2.24) is 26.6 Å². The van der Waals surface area contributed by atoms with Gasteiger partial charge in [0.1, 0.15) is 24.2 Å². The van der Waals surface area contributed by atoms with E-state index in [1.807, 2.05) is 13.8 Å². The van der Waals surface area contributed by atoms with Crippen molar-refractivity contribution in [3.05, 3.63) is 0 Å². The quantitative estimate of drug-likeness (QED) is 0.0715. The Morgan fingerprint density at radius 2 is 0.735 bits per heavy atom. The monoisotopic (exact) mass is 694 g/mol. The van der Waals surface area contributed by atoms with Crippen LogP contribution in [0.3, 0.4) is 0 Å². The highest BCUT2D eigenvalue weighted by atomic mass is 16.2. The average Bonchev–Trinajstić information content (AvgIpc) is 3.02. The molecule has 0 saturated carbocycles. The van der Waals surface area contributed by atoms with Gasteiger partial charge in [0.25, 0.3) is 0 Å². The van der Waals surface area contributed by atoms with Crippen molar-refractivity contribution in [2.24, 2.45) is 17.8 Å². The van der Waals surface area contributed by atoms with Crippen LogP contribution in [0.2, 0.25) is 0 Å². The van der Waals surface area contributed by atoms with Gasteiger partial charge in [0.05, 0.1) is 6.04 Å². The van der Waals surface area contributed by atoms with Gasteiger partial charge in [-0.1, -0.05) is 126 Å². The summed E-state index contributed by atoms with van der Waals surface area (Å²) in [5, 5.41) is 13.6. The Hall–Kier alpha value is -2.98. The van der Waals surface area contributed by atoms with Crippen molar-refractivity contribution in [3.63, 3.8) is 0 Å². The van der Waals surface area contributed by atoms with Crippen molar-refractivity contribution in [3.8, 4) is 0 Å². The highest BCUT2D eigenvalue weighted by Crippen LogP contribution is 2.14. The Balaban J connectivity index is 4.93. The minimum absolute atomic E-state index is 0.185. The maximum absolute atomic E-state index is 13.4. The molecular weight excluding hydrogens is 622 g/mol. The van der Waals surface area contributed by atoms with Crippen LogP contribution in [0.4, 0.5) is 0 Å². The lowest BCUT2D eigenvalue weighted by molar-refractivity contribution is -0.136. The molecule has 0 fully saturated rings. The molecule has 11 heteroatoms. The molecule has 11 nitrogen and oxygen atoms in total. The van der Waals surface area contributed by atoms with Crippen LogP contribution in [0.5, 0.6) is 0 Å². The SMILES string of the molecule is CCCCCCCCCCCCCCCC(=O)N[C@H](C(=O)N[C@H](C(=O)N[C@H](C(=O)N[C@@H](C)C(=O)N[C@@H](C)C(C)=O)C(C)C)C(C)C)C(C)C. The number of nitrogens with one attached hydrogen (secondary N) is 5. The van der Waals surface area contributed by atoms with Gasteiger partial charge in [-0.25, -0.2) is 0 Å². The molecule has 49 heavy (non-hydrogen) atoms. The number of Topliss-reactive ketones (excluding diaryl/α,β-unsaturated/α-hetero) is 1. The largest absolute Gasteiger partial charge is 0.345 e. The molecule has 0 rings (SSSR count). The van der Waals surface area contributed by atoms with E-state index >= 15 is 0 Å². The van der Waals surface area contributed by atoms with Crippen molar-refractivity contribution in [2.45, 2.75) is 189 Å². The Bertz CT molecular complexity index is 1010. The molecule has 0 bridgehead atoms. The highest BCUT2D eigenvalue weighted by Gasteiger charge is 2.34. The molecule has 0 radical (unpaired) electrons. The Morgan fingerprint density at radius 3 is 1.10 bits per heavy atom. The van der Waals surface area contributed by atoms with Gasteiger partial charge in [0.15, 0.2) is 5.78 Å². The molecule has 0 aromatic heterocycles. The lowest BCUT2D eigenvalue weighted by atomic mass is 9.97. The predicted octanol–water partition coefficient (Wildman–Crippen LogP) is 5.49. The lowest BCUT2D eigenvalue weighted by Crippen LogP contribution is -2.60. The van der Waals surface area contributed by atoms with Gasteiger partial charge in [-0.05, 0) is 44.9 Å². The average molecular weight is 694 g/mol. The van der Waals surface area contributed by atoms with E-state index < -0.39 is 53.8 Å². The molecule has 0 aliphatic carbocycles. The zero-order chi connectivity index (χ0) is 37.5. The van der Waals surface area contributed by atoms with Gasteiger partial charge in [-0.2, -0.15) is 0 Å². The lowest BCUT2D eigenvalue weighted by Gasteiger charge is -2.30. The van der Waals surface area contributed by atoms with Crippen LogP contribution in [0, 0.1) is 17.8 Å². The maximum Gasteiger partial charge on any atom is 0.243 e. The number of rotatable bonds is 27. The molecule has 0 aromatic carbocycles. The molecule has 0 spiro atoms. The summed E-state index contributed by atoms with van der Waals surface area (Å²) in [4.78, 5) is 76.7. The zero-order valence-electron chi connectivity index (χ0n) is 32.5. The standard InChI is InChI=1S/C38H71N5O6/c1-11-12-13-14-15-16-17-18-19-20-21-22-23-24-31(45)41-32(25(2)3)37(48)43-34(27(6)7)38(49)42-33(26(4)5)36(47)40-29(9)35(46)39-28(8)30(10)44/h25-29,32-34H,11-24H2,1-10H3,(H,39,46)(H,40,47)(H,41,45)(H,42,49)(H,43,48)/t28-,29-,32-,33-,34-/m0/s1. The molecule has 0 aliphatic rings. The molecule has 0 unspecified atom stereocenters. The summed E-state index contributed by atoms with van der Waals surface area (Å²) in [7, 11) is 0. The molecule has 5 amide bonds. The van der Waals surface area contributed by atoms with Gasteiger partial charge < -0.3 is 26.6 Å². The van der Waals surface area contributed by atoms with Crippen LogP contribution in [0.25, 0.3) is 0 Å². The van der Waals surface area contributed by atoms with Gasteiger partial charge in [-0.3, -0.25) is 28.8 Å². The van der Waals surface area contributed by atoms with Crippen LogP contribution in [-0.4, -0.2) is 65.5 Å². The maximum atomic E-state index is 13.4. The summed E-state index contributed by atoms with van der Waals surface area (Å²) in [6, 6.07) is -4.39. The molecule has 0 heterocycles. The van der Waals surface area contributed by atoms with Gasteiger partial charge >= 0.3 is 0 Å². The van der Waals surface area contributed by atoms with Gasteiger partial charge in [0.2, 0.25) is 29.5 Å². The van der Waals surface area contributed by atoms with Crippen molar-refractivity contribution in [2.75, 3.05) is 0 Å². The molecule has 5 N–H and O–H groups in total. The first-order valence-corrected chi connectivity index (χ1v) is 19.0. The fraction of sp³-hybridized carbons (Fsp3) is 0.842. The van der Waals surface area contributed by atoms with Crippen LogP contribution in [0.1, 0.15) is 159 Å². The van der Waals surface area contributed by atoms with Crippen molar-refractivity contribution < 1.29 is 28.8 Å². The first kappa shape index (κ1) is 46.0. The Kier molecular flexibility index (Phi) is 24.3. The van der Waals surface area contributed by atoms with E-state index in [0.717, 1.165) is 19.3 Å². The molecule has 0 saturated heterocycles. The van der Waals surface area contributed by atoms with E-state index in [0.29, 0.717) is 6.42 Å². The number of amides is 5. The third-order valence-electron chi connectivity index (χ3n) is 8.99. The van der Waals surface area contributed by atoms with Crippen molar-refractivity contribution >= 4 is 35.3 Å². The zero-order valence-corrected chi connectivity index (χ0v) is 32.5. The minimum Gasteiger partial charge on any atom is -0.345 e. The normalized spacial score (nSPS) is 14.5. The van der Waals surface area contributed by atoms with E-state index in [2.05, 4.69) is 33.5 Å². The van der Waals surface area contributed by atoms with Crippen LogP contribution in [-0.2, 0) is 28.8 Å². The molecular formula is C38H71N5O6. The first-order valence-electron chi connectivity index (χ1n) is 19.0. The van der Waals surface area contributed by atoms with Crippen LogP contribution >= 0.6 is 0 Å². The summed E-state index contributed by atoms with van der Waals surface area (Å²) in [6.45, 7) is 17.4. The van der Waals surface area contributed by atoms with Gasteiger partial charge in [-0.15, -0.1) is 0 Å². The van der Waals surface area contributed by atoms with E-state index in [4.69, 9.17) is 0 Å². The number of hydrogen-bond donors (Lipinski definition) is 5. The first-order chi connectivity index (χ1) is 23.0. The van der Waals surface area contributed by atoms with Crippen LogP contribution in [0.15, 0.2) is 0 Å². The Labute approximate surface area is 297 Å². The summed E-state index contributed by atoms with van der Waals surface area (Å²) >= 11 is 0. The smallest absolute Gasteiger partial charge is 0.243 e. The third kappa shape index (κ3) is 20.3. The van der Waals surface area contributed by atoms with E-state index in [1.165, 1.54) is 78.1 Å². The number of carbonyl (C=O) groups is 6. The third-order valence-corrected chi connectivity index (χ3v) is 8.99. The number of ketones is 1. The number of carbonyl (C=O) groups excluding carboxylic acids is 6. The summed E-state index contributed by atoms with van der Waals surface area (Å²) in [5.41, 5.74) is 0. The summed E-state index contributed by atoms with van der Waals surface area (Å²) < 4.78 is 0. The van der Waals surface area contributed by atoms with E-state index in [1.54, 1.807) is 34.6 Å². The Morgan fingerprint density at radius 1 is 0.408 bits per heavy atom. The molecule has 0 aliphatic heterocycles. The fourth-order valence-corrected chi connectivity index (χ4v) is 5.45. The molecule has 0 aromatic rings. The fourth-order valence-electron chi connectivity index (χ4n) is 5.45. The number of hydrogen-bond acceptors (Lipinski definition) is 6. The minimum atomic E-state index is -0.980.